The molecule has 1 heterocycles. The van der Waals surface area contributed by atoms with Gasteiger partial charge < -0.3 is 20.6 Å². The maximum absolute atomic E-state index is 11.6. The van der Waals surface area contributed by atoms with Crippen molar-refractivity contribution < 1.29 is 9.90 Å². The molecule has 0 aromatic heterocycles. The van der Waals surface area contributed by atoms with Gasteiger partial charge in [0.15, 0.2) is 0 Å². The second-order valence-corrected chi connectivity index (χ2v) is 7.19. The van der Waals surface area contributed by atoms with Crippen molar-refractivity contribution in [3.05, 3.63) is 65.2 Å². The predicted octanol–water partition coefficient (Wildman–Crippen LogP) is 2.86. The molecule has 1 saturated heterocycles. The van der Waals surface area contributed by atoms with Crippen LogP contribution >= 0.6 is 0 Å². The Labute approximate surface area is 161 Å². The first-order valence-electron chi connectivity index (χ1n) is 9.64. The molecule has 3 rings (SSSR count). The molecule has 27 heavy (non-hydrogen) atoms. The summed E-state index contributed by atoms with van der Waals surface area (Å²) in [5, 5.41) is 15.8. The van der Waals surface area contributed by atoms with Gasteiger partial charge in [0.1, 0.15) is 0 Å². The van der Waals surface area contributed by atoms with E-state index in [0.29, 0.717) is 5.56 Å². The molecule has 5 nitrogen and oxygen atoms in total. The molecule has 0 saturated carbocycles. The van der Waals surface area contributed by atoms with Crippen molar-refractivity contribution in [2.45, 2.75) is 38.5 Å². The number of piperidine rings is 1. The fraction of sp³-hybridized carbons (Fsp3) is 0.409. The quantitative estimate of drug-likeness (QED) is 0.735. The summed E-state index contributed by atoms with van der Waals surface area (Å²) in [7, 11) is 1.64. The van der Waals surface area contributed by atoms with Crippen molar-refractivity contribution in [3.63, 3.8) is 0 Å². The van der Waals surface area contributed by atoms with Crippen molar-refractivity contribution >= 4 is 11.6 Å². The third-order valence-corrected chi connectivity index (χ3v) is 5.28. The highest BCUT2D eigenvalue weighted by atomic mass is 16.3. The van der Waals surface area contributed by atoms with Crippen molar-refractivity contribution in [2.24, 2.45) is 0 Å². The van der Waals surface area contributed by atoms with Gasteiger partial charge in [-0.05, 0) is 55.2 Å². The van der Waals surface area contributed by atoms with Gasteiger partial charge in [0.25, 0.3) is 5.91 Å². The minimum Gasteiger partial charge on any atom is -0.393 e. The maximum Gasteiger partial charge on any atom is 0.251 e. The van der Waals surface area contributed by atoms with Gasteiger partial charge >= 0.3 is 0 Å². The zero-order valence-electron chi connectivity index (χ0n) is 16.1. The van der Waals surface area contributed by atoms with Crippen LogP contribution < -0.4 is 15.5 Å². The second-order valence-electron chi connectivity index (χ2n) is 7.19. The number of benzene rings is 2. The van der Waals surface area contributed by atoms with E-state index >= 15 is 0 Å². The summed E-state index contributed by atoms with van der Waals surface area (Å²) in [6.07, 6.45) is 1.55. The molecule has 1 atom stereocenters. The fourth-order valence-corrected chi connectivity index (χ4v) is 3.40. The molecule has 2 aromatic carbocycles. The molecule has 3 N–H and O–H groups in total. The van der Waals surface area contributed by atoms with Gasteiger partial charge in [-0.1, -0.05) is 24.3 Å². The average molecular weight is 367 g/mol. The minimum atomic E-state index is -0.143. The molecule has 1 aliphatic rings. The normalized spacial score (nSPS) is 16.2. The Morgan fingerprint density at radius 2 is 1.74 bits per heavy atom. The number of rotatable bonds is 6. The smallest absolute Gasteiger partial charge is 0.251 e. The Morgan fingerprint density at radius 3 is 2.33 bits per heavy atom. The van der Waals surface area contributed by atoms with Gasteiger partial charge in [0, 0.05) is 44.0 Å². The first-order valence-corrected chi connectivity index (χ1v) is 9.64. The van der Waals surface area contributed by atoms with Gasteiger partial charge in [-0.15, -0.1) is 0 Å². The number of anilines is 1. The summed E-state index contributed by atoms with van der Waals surface area (Å²) in [4.78, 5) is 13.9. The summed E-state index contributed by atoms with van der Waals surface area (Å²) in [5.41, 5.74) is 4.30. The first-order chi connectivity index (χ1) is 13.1. The first kappa shape index (κ1) is 19.4. The molecule has 1 amide bonds. The van der Waals surface area contributed by atoms with Crippen molar-refractivity contribution in [1.29, 1.82) is 0 Å². The van der Waals surface area contributed by atoms with E-state index in [9.17, 15) is 9.90 Å². The molecular weight excluding hydrogens is 338 g/mol. The van der Waals surface area contributed by atoms with Gasteiger partial charge in [0.2, 0.25) is 0 Å². The van der Waals surface area contributed by atoms with Crippen LogP contribution in [0.25, 0.3) is 0 Å². The van der Waals surface area contributed by atoms with E-state index in [1.54, 1.807) is 7.05 Å². The molecule has 1 aliphatic heterocycles. The topological polar surface area (TPSA) is 64.6 Å². The number of amides is 1. The minimum absolute atomic E-state index is 0.0637. The third kappa shape index (κ3) is 5.08. The van der Waals surface area contributed by atoms with E-state index in [1.165, 1.54) is 11.3 Å². The molecule has 2 aromatic rings. The lowest BCUT2D eigenvalue weighted by atomic mass is 10.0. The molecule has 144 valence electrons. The molecular formula is C22H29N3O2. The number of hydrogen-bond donors (Lipinski definition) is 3. The van der Waals surface area contributed by atoms with Crippen LogP contribution in [0.4, 0.5) is 5.69 Å². The largest absolute Gasteiger partial charge is 0.393 e. The zero-order valence-corrected chi connectivity index (χ0v) is 16.1. The van der Waals surface area contributed by atoms with E-state index < -0.39 is 0 Å². The van der Waals surface area contributed by atoms with Gasteiger partial charge in [-0.3, -0.25) is 4.79 Å². The number of aliphatic hydroxyl groups excluding tert-OH is 1. The molecule has 0 spiro atoms. The summed E-state index contributed by atoms with van der Waals surface area (Å²) in [5.74, 6) is -0.0637. The van der Waals surface area contributed by atoms with Crippen LogP contribution in [0.2, 0.25) is 0 Å². The van der Waals surface area contributed by atoms with Crippen molar-refractivity contribution in [1.82, 2.24) is 10.6 Å². The number of hydrogen-bond acceptors (Lipinski definition) is 4. The summed E-state index contributed by atoms with van der Waals surface area (Å²) in [6.45, 7) is 4.74. The Kier molecular flexibility index (Phi) is 6.48. The molecule has 0 bridgehead atoms. The average Bonchev–Trinajstić information content (AvgIpc) is 2.72. The van der Waals surface area contributed by atoms with Crippen LogP contribution in [0.3, 0.4) is 0 Å². The molecule has 5 heteroatoms. The maximum atomic E-state index is 11.6. The zero-order chi connectivity index (χ0) is 19.2. The van der Waals surface area contributed by atoms with Crippen LogP contribution in [0.1, 0.15) is 47.3 Å². The Bertz CT molecular complexity index is 735. The molecule has 0 radical (unpaired) electrons. The van der Waals surface area contributed by atoms with Gasteiger partial charge in [0.05, 0.1) is 6.10 Å². The summed E-state index contributed by atoms with van der Waals surface area (Å²) >= 11 is 0. The summed E-state index contributed by atoms with van der Waals surface area (Å²) in [6, 6.07) is 16.6. The number of aliphatic hydroxyl groups is 1. The van der Waals surface area contributed by atoms with Crippen LogP contribution in [0.5, 0.6) is 0 Å². The third-order valence-electron chi connectivity index (χ3n) is 5.28. The van der Waals surface area contributed by atoms with E-state index in [2.05, 4.69) is 46.7 Å². The standard InChI is InChI=1S/C22H29N3O2/c1-16(24-15-17-3-5-19(6-4-17)22(27)23-2)18-7-9-20(10-8-18)25-13-11-21(26)12-14-25/h3-10,16,21,24,26H,11-15H2,1-2H3,(H,23,27). The lowest BCUT2D eigenvalue weighted by molar-refractivity contribution is 0.0963. The molecule has 1 fully saturated rings. The van der Waals surface area contributed by atoms with E-state index in [-0.39, 0.29) is 18.1 Å². The number of carbonyl (C=O) groups excluding carboxylic acids is 1. The van der Waals surface area contributed by atoms with Crippen LogP contribution in [0.15, 0.2) is 48.5 Å². The van der Waals surface area contributed by atoms with Crippen LogP contribution in [-0.4, -0.2) is 37.3 Å². The molecule has 0 aliphatic carbocycles. The van der Waals surface area contributed by atoms with Crippen molar-refractivity contribution in [2.75, 3.05) is 25.0 Å². The van der Waals surface area contributed by atoms with Crippen molar-refractivity contribution in [3.8, 4) is 0 Å². The van der Waals surface area contributed by atoms with E-state index in [4.69, 9.17) is 0 Å². The number of nitrogens with zero attached hydrogens (tertiary/aromatic N) is 1. The van der Waals surface area contributed by atoms with E-state index in [1.807, 2.05) is 24.3 Å². The fourth-order valence-electron chi connectivity index (χ4n) is 3.40. The predicted molar refractivity (Wildman–Crippen MR) is 109 cm³/mol. The Hall–Kier alpha value is -2.37. The van der Waals surface area contributed by atoms with Gasteiger partial charge in [-0.25, -0.2) is 0 Å². The van der Waals surface area contributed by atoms with E-state index in [0.717, 1.165) is 38.0 Å². The number of carbonyl (C=O) groups is 1. The van der Waals surface area contributed by atoms with Crippen LogP contribution in [0, 0.1) is 0 Å². The number of nitrogens with one attached hydrogen (secondary N) is 2. The van der Waals surface area contributed by atoms with Crippen LogP contribution in [-0.2, 0) is 6.54 Å². The lowest BCUT2D eigenvalue weighted by Crippen LogP contribution is -2.35. The Morgan fingerprint density at radius 1 is 1.11 bits per heavy atom. The summed E-state index contributed by atoms with van der Waals surface area (Å²) < 4.78 is 0. The Balaban J connectivity index is 1.53. The highest BCUT2D eigenvalue weighted by molar-refractivity contribution is 5.93. The van der Waals surface area contributed by atoms with Gasteiger partial charge in [-0.2, -0.15) is 0 Å². The highest BCUT2D eigenvalue weighted by Gasteiger charge is 2.17. The second kappa shape index (κ2) is 9.02. The highest BCUT2D eigenvalue weighted by Crippen LogP contribution is 2.23. The molecule has 1 unspecified atom stereocenters. The monoisotopic (exact) mass is 367 g/mol. The SMILES string of the molecule is CNC(=O)c1ccc(CNC(C)c2ccc(N3CCC(O)CC3)cc2)cc1. The lowest BCUT2D eigenvalue weighted by Gasteiger charge is -2.31.